The molecule has 0 aliphatic carbocycles. The lowest BCUT2D eigenvalue weighted by atomic mass is 10.1. The number of nitrogens with one attached hydrogen (secondary N) is 1. The van der Waals surface area contributed by atoms with E-state index >= 15 is 0 Å². The summed E-state index contributed by atoms with van der Waals surface area (Å²) >= 11 is 1.44. The Labute approximate surface area is 179 Å². The van der Waals surface area contributed by atoms with Crippen molar-refractivity contribution in [2.75, 3.05) is 50.1 Å². The smallest absolute Gasteiger partial charge is 0.240 e. The normalized spacial score (nSPS) is 14.7. The first-order valence-corrected chi connectivity index (χ1v) is 10.7. The first-order chi connectivity index (χ1) is 14.5. The molecule has 1 aromatic heterocycles. The molecule has 0 atom stereocenters. The molecule has 1 fully saturated rings. The summed E-state index contributed by atoms with van der Waals surface area (Å²) in [7, 11) is 1.63. The number of benzene rings is 2. The van der Waals surface area contributed by atoms with Crippen LogP contribution in [0.4, 0.5) is 10.8 Å². The highest BCUT2D eigenvalue weighted by atomic mass is 32.1. The third kappa shape index (κ3) is 4.60. The zero-order chi connectivity index (χ0) is 21.1. The first-order valence-electron chi connectivity index (χ1n) is 9.84. The van der Waals surface area contributed by atoms with Gasteiger partial charge in [0.05, 0.1) is 23.9 Å². The molecule has 1 aliphatic heterocycles. The lowest BCUT2D eigenvalue weighted by molar-refractivity contribution is -0.117. The Morgan fingerprint density at radius 2 is 1.83 bits per heavy atom. The van der Waals surface area contributed by atoms with Crippen LogP contribution in [0.2, 0.25) is 0 Å². The largest absolute Gasteiger partial charge is 0.497 e. The van der Waals surface area contributed by atoms with E-state index in [0.717, 1.165) is 53.4 Å². The van der Waals surface area contributed by atoms with Crippen molar-refractivity contribution in [1.82, 2.24) is 9.88 Å². The van der Waals surface area contributed by atoms with Crippen LogP contribution in [0.1, 0.15) is 17.3 Å². The molecule has 0 saturated carbocycles. The number of Topliss-reactive ketones (excluding diaryl/α,β-unsaturated/α-hetero) is 1. The zero-order valence-corrected chi connectivity index (χ0v) is 17.9. The molecule has 2 heterocycles. The van der Waals surface area contributed by atoms with Crippen molar-refractivity contribution >= 4 is 44.1 Å². The van der Waals surface area contributed by atoms with Gasteiger partial charge in [-0.1, -0.05) is 11.3 Å². The molecule has 1 aliphatic rings. The van der Waals surface area contributed by atoms with Gasteiger partial charge in [0.2, 0.25) is 5.91 Å². The van der Waals surface area contributed by atoms with Crippen LogP contribution in [0.15, 0.2) is 42.5 Å². The minimum absolute atomic E-state index is 0.0553. The maximum Gasteiger partial charge on any atom is 0.240 e. The van der Waals surface area contributed by atoms with Gasteiger partial charge in [-0.15, -0.1) is 0 Å². The Balaban J connectivity index is 1.29. The molecule has 4 rings (SSSR count). The molecule has 0 unspecified atom stereocenters. The number of aromatic nitrogens is 1. The van der Waals surface area contributed by atoms with E-state index in [2.05, 4.69) is 20.1 Å². The summed E-state index contributed by atoms with van der Waals surface area (Å²) in [5, 5.41) is 3.52. The number of hydrogen-bond acceptors (Lipinski definition) is 7. The average Bonchev–Trinajstić information content (AvgIpc) is 3.15. The number of ketones is 1. The highest BCUT2D eigenvalue weighted by molar-refractivity contribution is 7.22. The van der Waals surface area contributed by atoms with E-state index in [1.54, 1.807) is 14.0 Å². The number of carbonyl (C=O) groups excluding carboxylic acids is 2. The fraction of sp³-hybridized carbons (Fsp3) is 0.318. The fourth-order valence-electron chi connectivity index (χ4n) is 3.52. The summed E-state index contributed by atoms with van der Waals surface area (Å²) in [6.07, 6.45) is 0. The van der Waals surface area contributed by atoms with Crippen LogP contribution >= 0.6 is 11.3 Å². The summed E-state index contributed by atoms with van der Waals surface area (Å²) < 4.78 is 6.22. The van der Waals surface area contributed by atoms with Crippen LogP contribution in [0.25, 0.3) is 10.2 Å². The number of anilines is 2. The van der Waals surface area contributed by atoms with E-state index in [1.165, 1.54) is 11.3 Å². The minimum atomic E-state index is -0.0553. The molecule has 156 valence electrons. The Kier molecular flexibility index (Phi) is 5.96. The van der Waals surface area contributed by atoms with Gasteiger partial charge in [0.25, 0.3) is 0 Å². The van der Waals surface area contributed by atoms with Crippen molar-refractivity contribution in [2.24, 2.45) is 0 Å². The number of methoxy groups -OCH3 is 1. The van der Waals surface area contributed by atoms with Crippen LogP contribution in [-0.2, 0) is 4.79 Å². The predicted octanol–water partition coefficient (Wildman–Crippen LogP) is 3.27. The zero-order valence-electron chi connectivity index (χ0n) is 17.1. The van der Waals surface area contributed by atoms with Crippen LogP contribution in [0.3, 0.4) is 0 Å². The number of hydrogen-bond donors (Lipinski definition) is 1. The maximum absolute atomic E-state index is 12.5. The topological polar surface area (TPSA) is 74.8 Å². The Morgan fingerprint density at radius 3 is 2.50 bits per heavy atom. The first kappa shape index (κ1) is 20.3. The quantitative estimate of drug-likeness (QED) is 0.612. The second-order valence-corrected chi connectivity index (χ2v) is 8.30. The molecular formula is C22H24N4O3S. The minimum Gasteiger partial charge on any atom is -0.497 e. The number of carbonyl (C=O) groups is 2. The molecule has 0 bridgehead atoms. The molecule has 1 amide bonds. The van der Waals surface area contributed by atoms with Gasteiger partial charge in [-0.2, -0.15) is 0 Å². The number of nitrogens with zero attached hydrogens (tertiary/aromatic N) is 3. The van der Waals surface area contributed by atoms with Crippen molar-refractivity contribution < 1.29 is 14.3 Å². The van der Waals surface area contributed by atoms with Crippen molar-refractivity contribution in [1.29, 1.82) is 0 Å². The van der Waals surface area contributed by atoms with E-state index in [1.807, 2.05) is 42.5 Å². The number of rotatable bonds is 6. The lowest BCUT2D eigenvalue weighted by Crippen LogP contribution is -2.48. The maximum atomic E-state index is 12.5. The predicted molar refractivity (Wildman–Crippen MR) is 120 cm³/mol. The lowest BCUT2D eigenvalue weighted by Gasteiger charge is -2.35. The van der Waals surface area contributed by atoms with Crippen LogP contribution < -0.4 is 15.0 Å². The summed E-state index contributed by atoms with van der Waals surface area (Å²) in [5.74, 6) is 0.794. The molecular weight excluding hydrogens is 400 g/mol. The number of fused-ring (bicyclic) bond motifs is 1. The molecule has 3 aromatic rings. The average molecular weight is 425 g/mol. The summed E-state index contributed by atoms with van der Waals surface area (Å²) in [6, 6.07) is 13.4. The van der Waals surface area contributed by atoms with Gasteiger partial charge < -0.3 is 15.0 Å². The number of thiazole rings is 1. The molecule has 8 heteroatoms. The van der Waals surface area contributed by atoms with Gasteiger partial charge in [-0.05, 0) is 49.4 Å². The summed E-state index contributed by atoms with van der Waals surface area (Å²) in [4.78, 5) is 32.8. The van der Waals surface area contributed by atoms with Crippen LogP contribution in [0, 0.1) is 0 Å². The van der Waals surface area contributed by atoms with E-state index in [-0.39, 0.29) is 11.7 Å². The van der Waals surface area contributed by atoms with E-state index < -0.39 is 0 Å². The Bertz CT molecular complexity index is 1060. The molecule has 7 nitrogen and oxygen atoms in total. The van der Waals surface area contributed by atoms with Crippen LogP contribution in [0.5, 0.6) is 5.75 Å². The Hall–Kier alpha value is -2.97. The van der Waals surface area contributed by atoms with Gasteiger partial charge in [-0.25, -0.2) is 4.98 Å². The molecule has 2 aromatic carbocycles. The van der Waals surface area contributed by atoms with Gasteiger partial charge in [0.15, 0.2) is 10.9 Å². The molecule has 1 N–H and O–H groups in total. The SMILES string of the molecule is COc1ccc2nc(NC(=O)CN3CCN(c4ccc(C(C)=O)cc4)CC3)sc2c1. The standard InChI is InChI=1S/C22H24N4O3S/c1-15(27)16-3-5-17(6-4-16)26-11-9-25(10-12-26)14-21(28)24-22-23-19-8-7-18(29-2)13-20(19)30-22/h3-8,13H,9-12,14H2,1-2H3,(H,23,24,28). The van der Waals surface area contributed by atoms with Crippen molar-refractivity contribution in [2.45, 2.75) is 6.92 Å². The van der Waals surface area contributed by atoms with Gasteiger partial charge >= 0.3 is 0 Å². The number of ether oxygens (including phenoxy) is 1. The van der Waals surface area contributed by atoms with Crippen molar-refractivity contribution in [3.8, 4) is 5.75 Å². The molecule has 1 saturated heterocycles. The summed E-state index contributed by atoms with van der Waals surface area (Å²) in [5.41, 5.74) is 2.68. The number of amides is 1. The second kappa shape index (κ2) is 8.81. The number of piperazine rings is 1. The van der Waals surface area contributed by atoms with Gasteiger partial charge in [-0.3, -0.25) is 14.5 Å². The second-order valence-electron chi connectivity index (χ2n) is 7.27. The van der Waals surface area contributed by atoms with Crippen molar-refractivity contribution in [3.63, 3.8) is 0 Å². The van der Waals surface area contributed by atoms with Crippen molar-refractivity contribution in [3.05, 3.63) is 48.0 Å². The Morgan fingerprint density at radius 1 is 1.10 bits per heavy atom. The monoisotopic (exact) mass is 424 g/mol. The van der Waals surface area contributed by atoms with Crippen LogP contribution in [-0.4, -0.2) is 61.4 Å². The molecule has 0 spiro atoms. The summed E-state index contributed by atoms with van der Waals surface area (Å²) in [6.45, 7) is 5.21. The van der Waals surface area contributed by atoms with E-state index in [4.69, 9.17) is 4.74 Å². The molecule has 0 radical (unpaired) electrons. The fourth-order valence-corrected chi connectivity index (χ4v) is 4.43. The molecule has 30 heavy (non-hydrogen) atoms. The van der Waals surface area contributed by atoms with Gasteiger partial charge in [0, 0.05) is 37.4 Å². The van der Waals surface area contributed by atoms with E-state index in [9.17, 15) is 9.59 Å². The van der Waals surface area contributed by atoms with Gasteiger partial charge in [0.1, 0.15) is 5.75 Å². The third-order valence-corrected chi connectivity index (χ3v) is 6.15. The highest BCUT2D eigenvalue weighted by Gasteiger charge is 2.20. The van der Waals surface area contributed by atoms with E-state index in [0.29, 0.717) is 11.7 Å². The highest BCUT2D eigenvalue weighted by Crippen LogP contribution is 2.29. The third-order valence-electron chi connectivity index (χ3n) is 5.22.